The highest BCUT2D eigenvalue weighted by Crippen LogP contribution is 2.22. The lowest BCUT2D eigenvalue weighted by Crippen LogP contribution is -2.38. The fourth-order valence-electron chi connectivity index (χ4n) is 2.15. The molecule has 0 unspecified atom stereocenters. The number of rotatable bonds is 1. The molecule has 0 aliphatic carbocycles. The first-order chi connectivity index (χ1) is 7.90. The van der Waals surface area contributed by atoms with E-state index in [1.165, 1.54) is 19.3 Å². The maximum atomic E-state index is 12.2. The second-order valence-corrected chi connectivity index (χ2v) is 6.67. The van der Waals surface area contributed by atoms with Crippen molar-refractivity contribution >= 4 is 23.1 Å². The molecule has 0 radical (unpaired) electrons. The average molecular weight is 255 g/mol. The molecule has 0 aromatic carbocycles. The number of hydrogen-bond acceptors (Lipinski definition) is 2. The van der Waals surface area contributed by atoms with Crippen LogP contribution < -0.4 is 0 Å². The van der Waals surface area contributed by atoms with Crippen molar-refractivity contribution < 1.29 is 4.79 Å². The normalized spacial score (nSPS) is 19.5. The predicted octanol–water partition coefficient (Wildman–Crippen LogP) is 3.93. The molecule has 0 atom stereocenters. The maximum Gasteiger partial charge on any atom is 0.227 e. The van der Waals surface area contributed by atoms with Crippen molar-refractivity contribution in [2.24, 2.45) is 5.41 Å². The van der Waals surface area contributed by atoms with Gasteiger partial charge in [0.25, 0.3) is 0 Å². The highest BCUT2D eigenvalue weighted by molar-refractivity contribution is 7.80. The molecule has 1 aliphatic heterocycles. The Morgan fingerprint density at radius 2 is 1.76 bits per heavy atom. The molecule has 17 heavy (non-hydrogen) atoms. The van der Waals surface area contributed by atoms with E-state index in [2.05, 4.69) is 20.8 Å². The topological polar surface area (TPSA) is 20.3 Å². The number of nitrogens with zero attached hydrogens (tertiary/aromatic N) is 1. The number of thiocarbonyl (C=S) groups is 1. The first kappa shape index (κ1) is 14.6. The zero-order chi connectivity index (χ0) is 12.9. The predicted molar refractivity (Wildman–Crippen MR) is 76.1 cm³/mol. The van der Waals surface area contributed by atoms with E-state index >= 15 is 0 Å². The summed E-state index contributed by atoms with van der Waals surface area (Å²) in [4.78, 5) is 15.0. The number of carbonyl (C=O) groups is 1. The van der Waals surface area contributed by atoms with Gasteiger partial charge in [-0.3, -0.25) is 4.79 Å². The summed E-state index contributed by atoms with van der Waals surface area (Å²) in [6.45, 7) is 7.13. The minimum Gasteiger partial charge on any atom is -0.307 e. The molecule has 98 valence electrons. The van der Waals surface area contributed by atoms with E-state index in [9.17, 15) is 4.79 Å². The molecule has 3 heteroatoms. The van der Waals surface area contributed by atoms with Gasteiger partial charge in [0.1, 0.15) is 0 Å². The third-order valence-corrected chi connectivity index (χ3v) is 3.48. The van der Waals surface area contributed by atoms with Gasteiger partial charge in [-0.15, -0.1) is 0 Å². The smallest absolute Gasteiger partial charge is 0.227 e. The Morgan fingerprint density at radius 1 is 1.18 bits per heavy atom. The average Bonchev–Trinajstić information content (AvgIpc) is 2.27. The minimum absolute atomic E-state index is 0.0468. The van der Waals surface area contributed by atoms with Crippen LogP contribution in [0, 0.1) is 5.41 Å². The van der Waals surface area contributed by atoms with E-state index in [0.29, 0.717) is 6.42 Å². The lowest BCUT2D eigenvalue weighted by Gasteiger charge is -2.26. The van der Waals surface area contributed by atoms with E-state index in [1.54, 1.807) is 0 Å². The van der Waals surface area contributed by atoms with Crippen LogP contribution in [-0.2, 0) is 4.79 Å². The Hall–Kier alpha value is -0.440. The van der Waals surface area contributed by atoms with Gasteiger partial charge in [-0.25, -0.2) is 0 Å². The molecule has 1 aliphatic rings. The highest BCUT2D eigenvalue weighted by atomic mass is 32.1. The van der Waals surface area contributed by atoms with Crippen molar-refractivity contribution in [1.82, 2.24) is 4.90 Å². The van der Waals surface area contributed by atoms with Crippen LogP contribution in [-0.4, -0.2) is 22.3 Å². The van der Waals surface area contributed by atoms with Crippen LogP contribution in [0.3, 0.4) is 0 Å². The van der Waals surface area contributed by atoms with Crippen LogP contribution in [0.15, 0.2) is 0 Å². The summed E-state index contributed by atoms with van der Waals surface area (Å²) < 4.78 is 0. The number of carbonyl (C=O) groups excluding carboxylic acids is 1. The fourth-order valence-corrected chi connectivity index (χ4v) is 2.49. The standard InChI is InChI=1S/C14H25NOS/c1-14(2,3)11-12(16)15-10-8-6-4-5-7-9-13(15)17/h4-11H2,1-3H3. The zero-order valence-electron chi connectivity index (χ0n) is 11.4. The second-order valence-electron chi connectivity index (χ2n) is 6.19. The molecule has 1 fully saturated rings. The van der Waals surface area contributed by atoms with Gasteiger partial charge in [-0.05, 0) is 24.7 Å². The summed E-state index contributed by atoms with van der Waals surface area (Å²) >= 11 is 5.40. The summed E-state index contributed by atoms with van der Waals surface area (Å²) in [7, 11) is 0. The Balaban J connectivity index is 2.63. The summed E-state index contributed by atoms with van der Waals surface area (Å²) in [5, 5.41) is 0. The van der Waals surface area contributed by atoms with E-state index in [4.69, 9.17) is 12.2 Å². The molecule has 1 saturated heterocycles. The van der Waals surface area contributed by atoms with Crippen LogP contribution >= 0.6 is 12.2 Å². The van der Waals surface area contributed by atoms with Crippen LogP contribution in [0.4, 0.5) is 0 Å². The lowest BCUT2D eigenvalue weighted by atomic mass is 9.91. The first-order valence-corrected chi connectivity index (χ1v) is 7.14. The SMILES string of the molecule is CC(C)(C)CC(=O)N1CCCCCCCC1=S. The van der Waals surface area contributed by atoms with Crippen molar-refractivity contribution in [3.05, 3.63) is 0 Å². The van der Waals surface area contributed by atoms with Crippen molar-refractivity contribution in [3.63, 3.8) is 0 Å². The molecule has 0 N–H and O–H groups in total. The molecule has 0 bridgehead atoms. The molecule has 0 aromatic rings. The molecule has 0 saturated carbocycles. The second kappa shape index (κ2) is 6.48. The number of hydrogen-bond donors (Lipinski definition) is 0. The van der Waals surface area contributed by atoms with E-state index in [-0.39, 0.29) is 11.3 Å². The van der Waals surface area contributed by atoms with Gasteiger partial charge >= 0.3 is 0 Å². The quantitative estimate of drug-likeness (QED) is 0.662. The molecule has 2 nitrogen and oxygen atoms in total. The maximum absolute atomic E-state index is 12.2. The third-order valence-electron chi connectivity index (χ3n) is 3.06. The van der Waals surface area contributed by atoms with E-state index in [0.717, 1.165) is 30.8 Å². The van der Waals surface area contributed by atoms with Gasteiger partial charge in [-0.1, -0.05) is 52.3 Å². The number of amides is 1. The van der Waals surface area contributed by atoms with Crippen LogP contribution in [0.2, 0.25) is 0 Å². The van der Waals surface area contributed by atoms with Crippen molar-refractivity contribution in [1.29, 1.82) is 0 Å². The van der Waals surface area contributed by atoms with Crippen LogP contribution in [0.5, 0.6) is 0 Å². The van der Waals surface area contributed by atoms with E-state index in [1.807, 2.05) is 4.90 Å². The molecular weight excluding hydrogens is 230 g/mol. The molecular formula is C14H25NOS. The summed E-state index contributed by atoms with van der Waals surface area (Å²) in [6.07, 6.45) is 7.49. The fraction of sp³-hybridized carbons (Fsp3) is 0.857. The van der Waals surface area contributed by atoms with Gasteiger partial charge < -0.3 is 4.90 Å². The Labute approximate surface area is 111 Å². The third kappa shape index (κ3) is 5.62. The first-order valence-electron chi connectivity index (χ1n) is 6.73. The summed E-state index contributed by atoms with van der Waals surface area (Å²) in [5.41, 5.74) is 0.0468. The lowest BCUT2D eigenvalue weighted by molar-refractivity contribution is -0.129. The summed E-state index contributed by atoms with van der Waals surface area (Å²) in [5.74, 6) is 0.212. The van der Waals surface area contributed by atoms with E-state index < -0.39 is 0 Å². The monoisotopic (exact) mass is 255 g/mol. The van der Waals surface area contributed by atoms with Crippen LogP contribution in [0.25, 0.3) is 0 Å². The van der Waals surface area contributed by atoms with Gasteiger partial charge in [0.05, 0.1) is 4.99 Å². The molecule has 0 aromatic heterocycles. The van der Waals surface area contributed by atoms with Crippen molar-refractivity contribution in [2.45, 2.75) is 65.7 Å². The van der Waals surface area contributed by atoms with Gasteiger partial charge in [-0.2, -0.15) is 0 Å². The molecule has 1 rings (SSSR count). The minimum atomic E-state index is 0.0468. The van der Waals surface area contributed by atoms with Gasteiger partial charge in [0, 0.05) is 13.0 Å². The Kier molecular flexibility index (Phi) is 5.57. The Morgan fingerprint density at radius 3 is 2.41 bits per heavy atom. The van der Waals surface area contributed by atoms with Crippen LogP contribution in [0.1, 0.15) is 65.7 Å². The Bertz CT molecular complexity index is 280. The van der Waals surface area contributed by atoms with Gasteiger partial charge in [0.2, 0.25) is 5.91 Å². The van der Waals surface area contributed by atoms with Crippen molar-refractivity contribution in [3.8, 4) is 0 Å². The molecule has 1 amide bonds. The summed E-state index contributed by atoms with van der Waals surface area (Å²) in [6, 6.07) is 0. The zero-order valence-corrected chi connectivity index (χ0v) is 12.2. The van der Waals surface area contributed by atoms with Crippen molar-refractivity contribution in [2.75, 3.05) is 6.54 Å². The molecule has 0 spiro atoms. The largest absolute Gasteiger partial charge is 0.307 e. The van der Waals surface area contributed by atoms with Gasteiger partial charge in [0.15, 0.2) is 0 Å². The highest BCUT2D eigenvalue weighted by Gasteiger charge is 2.23. The molecule has 1 heterocycles.